The second-order valence-electron chi connectivity index (χ2n) is 24.9. The maximum Gasteiger partial charge on any atom is 0.480 e. The Morgan fingerprint density at radius 1 is 0.394 bits per heavy atom. The van der Waals surface area contributed by atoms with Crippen molar-refractivity contribution < 1.29 is 115 Å². The van der Waals surface area contributed by atoms with Crippen LogP contribution in [-0.4, -0.2) is 139 Å². The Labute approximate surface area is 582 Å². The number of alkyl halides is 6. The number of fused-ring (bicyclic) bond motifs is 3. The molecule has 6 heterocycles. The lowest BCUT2D eigenvalue weighted by molar-refractivity contribution is -0.157. The van der Waals surface area contributed by atoms with Gasteiger partial charge in [0.2, 0.25) is 17.7 Å². The number of hydrogen-bond donors (Lipinski definition) is 3. The molecule has 0 radical (unpaired) electrons. The predicted octanol–water partition coefficient (Wildman–Crippen LogP) is 7.18. The number of phosphoric acid groups is 1. The molecule has 6 aliphatic heterocycles. The molecule has 104 heavy (non-hydrogen) atoms. The number of carbonyl (C=O) groups excluding carboxylic acids is 12. The number of nitrogens with zero attached hydrogens (tertiary/aromatic N) is 6. The molecule has 6 aliphatic rings. The van der Waals surface area contributed by atoms with Crippen molar-refractivity contribution in [2.24, 2.45) is 0 Å². The van der Waals surface area contributed by atoms with Crippen LogP contribution in [0.25, 0.3) is 0 Å². The van der Waals surface area contributed by atoms with E-state index in [1.165, 1.54) is 54.6 Å². The largest absolute Gasteiger partial charge is 0.480 e. The average Bonchev–Trinajstić information content (AvgIpc) is 1.61. The van der Waals surface area contributed by atoms with Gasteiger partial charge in [-0.3, -0.25) is 85.8 Å². The van der Waals surface area contributed by atoms with Gasteiger partial charge in [0, 0.05) is 91.9 Å². The van der Waals surface area contributed by atoms with E-state index in [0.717, 1.165) is 87.5 Å². The molecule has 542 valence electrons. The maximum atomic E-state index is 15.1. The average molecular weight is 1470 g/mol. The number of phosphoric ester groups is 1. The van der Waals surface area contributed by atoms with Crippen molar-refractivity contribution in [3.63, 3.8) is 0 Å². The fraction of sp³-hybridized carbons (Fsp3) is 0.304. The van der Waals surface area contributed by atoms with E-state index < -0.39 is 208 Å². The van der Waals surface area contributed by atoms with Crippen LogP contribution in [-0.2, 0) is 118 Å². The SMILES string of the molecule is O=C1CCC(N2Cc3cc(CNC(=O)C(F)(F)c4ccc(F)cc4)ccc3C2=O)C(=O)N1COP(=O)(OCN1C(=O)CCC(N2Cc3cc(CNC(=O)C(F)(F)c4ccc(F)cc4)ccc3C2=O)C1=O)OCN1C(=O)CCC(N2Cc3cc(CNC(=O)C(F)(F)c4ccc(F)cc4)ccc3C2=O)C1=O. The van der Waals surface area contributed by atoms with Gasteiger partial charge in [-0.1, -0.05) is 36.4 Å². The second kappa shape index (κ2) is 28.7. The van der Waals surface area contributed by atoms with Gasteiger partial charge < -0.3 is 30.7 Å². The summed E-state index contributed by atoms with van der Waals surface area (Å²) in [5, 5.41) is 6.31. The van der Waals surface area contributed by atoms with Crippen LogP contribution in [0.4, 0.5) is 39.5 Å². The zero-order valence-electron chi connectivity index (χ0n) is 54.0. The minimum absolute atomic E-state index is 0.0511. The van der Waals surface area contributed by atoms with Crippen molar-refractivity contribution in [2.75, 3.05) is 20.2 Å². The number of hydrogen-bond acceptors (Lipinski definition) is 16. The molecule has 0 spiro atoms. The fourth-order valence-corrected chi connectivity index (χ4v) is 13.8. The number of amides is 12. The smallest absolute Gasteiger partial charge is 0.346 e. The first-order chi connectivity index (χ1) is 49.3. The Kier molecular flexibility index (Phi) is 20.1. The second-order valence-corrected chi connectivity index (χ2v) is 26.6. The molecule has 12 rings (SSSR count). The van der Waals surface area contributed by atoms with Crippen LogP contribution in [0.2, 0.25) is 0 Å². The Hall–Kier alpha value is -11.0. The van der Waals surface area contributed by atoms with Gasteiger partial charge in [0.05, 0.1) is 0 Å². The van der Waals surface area contributed by atoms with E-state index in [1.807, 2.05) is 0 Å². The van der Waals surface area contributed by atoms with E-state index >= 15 is 30.9 Å². The Balaban J connectivity index is 0.732. The molecular formula is C69H57F9N9O16P. The molecule has 3 fully saturated rings. The molecule has 12 amide bonds. The van der Waals surface area contributed by atoms with Crippen molar-refractivity contribution in [3.8, 4) is 0 Å². The van der Waals surface area contributed by atoms with Crippen LogP contribution >= 0.6 is 7.82 Å². The number of nitrogens with one attached hydrogen (secondary N) is 3. The quantitative estimate of drug-likeness (QED) is 0.0307. The third kappa shape index (κ3) is 14.4. The molecule has 3 unspecified atom stereocenters. The number of likely N-dealkylation sites (tertiary alicyclic amines) is 3. The highest BCUT2D eigenvalue weighted by atomic mass is 31.2. The first-order valence-electron chi connectivity index (χ1n) is 31.9. The van der Waals surface area contributed by atoms with Crippen molar-refractivity contribution in [1.29, 1.82) is 0 Å². The van der Waals surface area contributed by atoms with E-state index in [4.69, 9.17) is 13.6 Å². The van der Waals surface area contributed by atoms with Crippen molar-refractivity contribution in [2.45, 2.75) is 114 Å². The molecule has 0 bridgehead atoms. The number of imide groups is 3. The molecule has 3 N–H and O–H groups in total. The van der Waals surface area contributed by atoms with Gasteiger partial charge in [-0.15, -0.1) is 0 Å². The Morgan fingerprint density at radius 3 is 0.894 bits per heavy atom. The zero-order valence-corrected chi connectivity index (χ0v) is 54.9. The summed E-state index contributed by atoms with van der Waals surface area (Å²) in [4.78, 5) is 169. The molecule has 6 aromatic carbocycles. The van der Waals surface area contributed by atoms with Gasteiger partial charge in [-0.25, -0.2) is 17.7 Å². The summed E-state index contributed by atoms with van der Waals surface area (Å²) >= 11 is 0. The summed E-state index contributed by atoms with van der Waals surface area (Å²) in [6.45, 7) is -6.34. The number of carbonyl (C=O) groups is 12. The van der Waals surface area contributed by atoms with Gasteiger partial charge in [0.1, 0.15) is 55.8 Å². The first-order valence-corrected chi connectivity index (χ1v) is 33.4. The van der Waals surface area contributed by atoms with Gasteiger partial charge in [0.25, 0.3) is 53.2 Å². The number of halogens is 9. The third-order valence-electron chi connectivity index (χ3n) is 18.5. The lowest BCUT2D eigenvalue weighted by Gasteiger charge is -2.37. The van der Waals surface area contributed by atoms with Gasteiger partial charge in [-0.05, 0) is 144 Å². The molecular weight excluding hydrogens is 1410 g/mol. The highest BCUT2D eigenvalue weighted by molar-refractivity contribution is 7.48. The van der Waals surface area contributed by atoms with E-state index in [9.17, 15) is 70.7 Å². The highest BCUT2D eigenvalue weighted by Gasteiger charge is 2.50. The predicted molar refractivity (Wildman–Crippen MR) is 335 cm³/mol. The van der Waals surface area contributed by atoms with E-state index in [0.29, 0.717) is 14.7 Å². The monoisotopic (exact) mass is 1470 g/mol. The molecule has 6 aromatic rings. The summed E-state index contributed by atoms with van der Waals surface area (Å²) in [5.41, 5.74) is -0.669. The lowest BCUT2D eigenvalue weighted by Crippen LogP contribution is -2.55. The number of rotatable bonds is 24. The molecule has 3 saturated heterocycles. The van der Waals surface area contributed by atoms with Gasteiger partial charge in [0.15, 0.2) is 0 Å². The minimum atomic E-state index is -5.60. The standard InChI is InChI=1S/C69H57F9N9O16P/c70-46-10-4-43(5-11-46)67(73,74)64(97)79-28-37-1-16-49-40(25-37)31-82(58(49)91)52-19-22-55(88)85(61(52)94)34-101-104(100,102-35-86-56(89)23-20-53(62(86)95)83-32-41-26-38(2-17-50(41)59(83)92)29-80-65(98)68(75,76)44-6-12-47(71)13-7-44)103-36-87-57(90)24-21-54(63(87)96)84-33-42-27-39(3-18-51(42)60(84)93)30-81-66(99)69(77,78)45-8-14-48(72)15-9-45/h1-18,25-27,52-54H,19-24,28-36H2,(H,79,97)(H,80,98)(H,81,99). The topological polar surface area (TPSA) is 305 Å². The fourth-order valence-electron chi connectivity index (χ4n) is 12.8. The highest BCUT2D eigenvalue weighted by Crippen LogP contribution is 2.51. The van der Waals surface area contributed by atoms with Crippen molar-refractivity contribution in [1.82, 2.24) is 45.3 Å². The summed E-state index contributed by atoms with van der Waals surface area (Å²) in [6.07, 6.45) is -2.24. The van der Waals surface area contributed by atoms with Crippen LogP contribution in [0.15, 0.2) is 127 Å². The van der Waals surface area contributed by atoms with Crippen molar-refractivity contribution >= 4 is 78.7 Å². The zero-order chi connectivity index (χ0) is 74.5. The Bertz CT molecular complexity index is 4180. The van der Waals surface area contributed by atoms with Crippen LogP contribution in [0.3, 0.4) is 0 Å². The lowest BCUT2D eigenvalue weighted by atomic mass is 10.0. The minimum Gasteiger partial charge on any atom is -0.346 e. The summed E-state index contributed by atoms with van der Waals surface area (Å²) in [5.74, 6) is -28.3. The van der Waals surface area contributed by atoms with Gasteiger partial charge in [-0.2, -0.15) is 26.3 Å². The number of benzene rings is 6. The van der Waals surface area contributed by atoms with Crippen LogP contribution in [0.1, 0.15) is 120 Å². The molecule has 0 saturated carbocycles. The number of piperidine rings is 3. The first kappa shape index (κ1) is 72.8. The molecule has 0 aromatic heterocycles. The van der Waals surface area contributed by atoms with E-state index in [2.05, 4.69) is 16.0 Å². The molecule has 3 atom stereocenters. The third-order valence-corrected chi connectivity index (χ3v) is 19.7. The van der Waals surface area contributed by atoms with E-state index in [1.54, 1.807) is 0 Å². The normalized spacial score (nSPS) is 19.2. The summed E-state index contributed by atoms with van der Waals surface area (Å²) < 4.78 is 162. The van der Waals surface area contributed by atoms with Gasteiger partial charge >= 0.3 is 25.6 Å². The summed E-state index contributed by atoms with van der Waals surface area (Å²) in [6, 6.07) is 16.9. The van der Waals surface area contributed by atoms with E-state index in [-0.39, 0.29) is 89.0 Å². The molecule has 25 nitrogen and oxygen atoms in total. The molecule has 35 heteroatoms. The maximum absolute atomic E-state index is 15.1. The Morgan fingerprint density at radius 2 is 0.644 bits per heavy atom. The van der Waals surface area contributed by atoms with Crippen molar-refractivity contribution in [3.05, 3.63) is 212 Å². The van der Waals surface area contributed by atoms with Crippen LogP contribution < -0.4 is 16.0 Å². The summed E-state index contributed by atoms with van der Waals surface area (Å²) in [7, 11) is -5.60. The van der Waals surface area contributed by atoms with Crippen LogP contribution in [0.5, 0.6) is 0 Å². The van der Waals surface area contributed by atoms with Crippen LogP contribution in [0, 0.1) is 17.5 Å². The molecule has 0 aliphatic carbocycles.